The summed E-state index contributed by atoms with van der Waals surface area (Å²) in [5.74, 6) is -0.223. The first-order valence-electron chi connectivity index (χ1n) is 5.29. The van der Waals surface area contributed by atoms with Crippen LogP contribution in [0.5, 0.6) is 0 Å². The van der Waals surface area contributed by atoms with Crippen molar-refractivity contribution in [2.45, 2.75) is 0 Å². The summed E-state index contributed by atoms with van der Waals surface area (Å²) in [6.45, 7) is 0. The fourth-order valence-electron chi connectivity index (χ4n) is 1.45. The van der Waals surface area contributed by atoms with Crippen molar-refractivity contribution in [2.24, 2.45) is 0 Å². The predicted octanol–water partition coefficient (Wildman–Crippen LogP) is 4.70. The maximum atomic E-state index is 12.0. The molecule has 0 bridgehead atoms. The Morgan fingerprint density at radius 3 is 2.47 bits per heavy atom. The van der Waals surface area contributed by atoms with E-state index in [-0.39, 0.29) is 5.91 Å². The second-order valence-corrected chi connectivity index (χ2v) is 5.94. The standard InChI is InChI=1S/C13H9Br2ClN2O/c14-9-3-2-8(6-11(9)16)18-13(19)7-1-4-12(17)10(15)5-7/h1-6H,17H2,(H,18,19). The van der Waals surface area contributed by atoms with E-state index in [1.54, 1.807) is 36.4 Å². The van der Waals surface area contributed by atoms with Crippen molar-refractivity contribution in [3.63, 3.8) is 0 Å². The molecule has 0 unspecified atom stereocenters. The number of nitrogens with two attached hydrogens (primary N) is 1. The molecule has 0 aliphatic heterocycles. The fraction of sp³-hybridized carbons (Fsp3) is 0. The van der Waals surface area contributed by atoms with Crippen molar-refractivity contribution < 1.29 is 4.79 Å². The molecule has 0 aromatic heterocycles. The molecule has 0 fully saturated rings. The number of anilines is 2. The van der Waals surface area contributed by atoms with Gasteiger partial charge in [0.1, 0.15) is 0 Å². The molecule has 3 N–H and O–H groups in total. The third-order valence-electron chi connectivity index (χ3n) is 2.44. The van der Waals surface area contributed by atoms with Gasteiger partial charge in [0.15, 0.2) is 0 Å². The summed E-state index contributed by atoms with van der Waals surface area (Å²) in [4.78, 5) is 12.0. The van der Waals surface area contributed by atoms with Crippen LogP contribution in [0.2, 0.25) is 5.02 Å². The van der Waals surface area contributed by atoms with E-state index >= 15 is 0 Å². The molecule has 0 aliphatic rings. The van der Waals surface area contributed by atoms with Gasteiger partial charge in [-0.2, -0.15) is 0 Å². The first-order chi connectivity index (χ1) is 8.97. The lowest BCUT2D eigenvalue weighted by Crippen LogP contribution is -2.12. The van der Waals surface area contributed by atoms with E-state index in [9.17, 15) is 4.79 Å². The van der Waals surface area contributed by atoms with Crippen molar-refractivity contribution >= 4 is 60.7 Å². The highest BCUT2D eigenvalue weighted by molar-refractivity contribution is 9.11. The number of carbonyl (C=O) groups excluding carboxylic acids is 1. The molecule has 0 atom stereocenters. The molecular formula is C13H9Br2ClN2O. The molecule has 0 spiro atoms. The van der Waals surface area contributed by atoms with Crippen LogP contribution in [0.25, 0.3) is 0 Å². The molecule has 1 amide bonds. The van der Waals surface area contributed by atoms with Crippen LogP contribution in [-0.2, 0) is 0 Å². The lowest BCUT2D eigenvalue weighted by molar-refractivity contribution is 0.102. The molecule has 0 aliphatic carbocycles. The van der Waals surface area contributed by atoms with Crippen LogP contribution in [0.4, 0.5) is 11.4 Å². The van der Waals surface area contributed by atoms with Crippen molar-refractivity contribution in [1.82, 2.24) is 0 Å². The van der Waals surface area contributed by atoms with Gasteiger partial charge in [-0.05, 0) is 68.3 Å². The Balaban J connectivity index is 2.20. The van der Waals surface area contributed by atoms with Gasteiger partial charge >= 0.3 is 0 Å². The van der Waals surface area contributed by atoms with Gasteiger partial charge in [0.25, 0.3) is 5.91 Å². The highest BCUT2D eigenvalue weighted by atomic mass is 79.9. The third-order valence-corrected chi connectivity index (χ3v) is 4.36. The topological polar surface area (TPSA) is 55.1 Å². The predicted molar refractivity (Wildman–Crippen MR) is 85.7 cm³/mol. The molecule has 6 heteroatoms. The van der Waals surface area contributed by atoms with Crippen molar-refractivity contribution in [3.05, 3.63) is 55.9 Å². The van der Waals surface area contributed by atoms with Crippen LogP contribution in [0.1, 0.15) is 10.4 Å². The number of hydrogen-bond acceptors (Lipinski definition) is 2. The van der Waals surface area contributed by atoms with Gasteiger partial charge < -0.3 is 11.1 Å². The van der Waals surface area contributed by atoms with Crippen molar-refractivity contribution in [1.29, 1.82) is 0 Å². The lowest BCUT2D eigenvalue weighted by Gasteiger charge is -2.07. The summed E-state index contributed by atoms with van der Waals surface area (Å²) >= 11 is 12.5. The van der Waals surface area contributed by atoms with Gasteiger partial charge in [-0.25, -0.2) is 0 Å². The van der Waals surface area contributed by atoms with Gasteiger partial charge in [0, 0.05) is 25.9 Å². The smallest absolute Gasteiger partial charge is 0.255 e. The minimum Gasteiger partial charge on any atom is -0.398 e. The zero-order valence-corrected chi connectivity index (χ0v) is 13.5. The highest BCUT2D eigenvalue weighted by Gasteiger charge is 2.08. The maximum Gasteiger partial charge on any atom is 0.255 e. The molecule has 3 nitrogen and oxygen atoms in total. The summed E-state index contributed by atoms with van der Waals surface area (Å²) in [7, 11) is 0. The van der Waals surface area contributed by atoms with E-state index in [0.29, 0.717) is 26.4 Å². The molecule has 0 saturated carbocycles. The zero-order chi connectivity index (χ0) is 14.0. The summed E-state index contributed by atoms with van der Waals surface area (Å²) in [5, 5.41) is 3.31. The number of carbonyl (C=O) groups is 1. The van der Waals surface area contributed by atoms with Crippen LogP contribution >= 0.6 is 43.5 Å². The van der Waals surface area contributed by atoms with E-state index < -0.39 is 0 Å². The van der Waals surface area contributed by atoms with Gasteiger partial charge in [-0.1, -0.05) is 11.6 Å². The Kier molecular flexibility index (Phi) is 4.50. The molecule has 0 heterocycles. The van der Waals surface area contributed by atoms with Gasteiger partial charge in [0.05, 0.1) is 5.02 Å². The zero-order valence-electron chi connectivity index (χ0n) is 9.58. The second-order valence-electron chi connectivity index (χ2n) is 3.82. The normalized spacial score (nSPS) is 10.3. The Labute approximate surface area is 132 Å². The van der Waals surface area contributed by atoms with Crippen molar-refractivity contribution in [3.8, 4) is 0 Å². The van der Waals surface area contributed by atoms with Gasteiger partial charge in [-0.3, -0.25) is 4.79 Å². The number of nitrogens with one attached hydrogen (secondary N) is 1. The quantitative estimate of drug-likeness (QED) is 0.713. The highest BCUT2D eigenvalue weighted by Crippen LogP contribution is 2.26. The first-order valence-corrected chi connectivity index (χ1v) is 7.25. The Hall–Kier alpha value is -1.04. The molecule has 0 saturated heterocycles. The molecule has 19 heavy (non-hydrogen) atoms. The van der Waals surface area contributed by atoms with E-state index in [1.807, 2.05) is 0 Å². The van der Waals surface area contributed by atoms with Crippen LogP contribution in [0.3, 0.4) is 0 Å². The van der Waals surface area contributed by atoms with Crippen LogP contribution in [0, 0.1) is 0 Å². The van der Waals surface area contributed by atoms with E-state index in [0.717, 1.165) is 4.47 Å². The van der Waals surface area contributed by atoms with Crippen molar-refractivity contribution in [2.75, 3.05) is 11.1 Å². The average molecular weight is 404 g/mol. The molecule has 2 aromatic rings. The average Bonchev–Trinajstić information content (AvgIpc) is 2.37. The van der Waals surface area contributed by atoms with Crippen LogP contribution in [0.15, 0.2) is 45.3 Å². The number of nitrogen functional groups attached to an aromatic ring is 1. The number of amides is 1. The van der Waals surface area contributed by atoms with Gasteiger partial charge in [-0.15, -0.1) is 0 Å². The third kappa shape index (κ3) is 3.49. The monoisotopic (exact) mass is 402 g/mol. The Bertz CT molecular complexity index is 647. The van der Waals surface area contributed by atoms with E-state index in [1.165, 1.54) is 0 Å². The summed E-state index contributed by atoms with van der Waals surface area (Å²) in [6.07, 6.45) is 0. The van der Waals surface area contributed by atoms with Crippen LogP contribution in [-0.4, -0.2) is 5.91 Å². The second kappa shape index (κ2) is 5.94. The summed E-state index contributed by atoms with van der Waals surface area (Å²) in [6, 6.07) is 10.2. The number of benzene rings is 2. The lowest BCUT2D eigenvalue weighted by atomic mass is 10.2. The molecule has 2 rings (SSSR count). The largest absolute Gasteiger partial charge is 0.398 e. The summed E-state index contributed by atoms with van der Waals surface area (Å²) in [5.41, 5.74) is 7.41. The van der Waals surface area contributed by atoms with E-state index in [4.69, 9.17) is 17.3 Å². The SMILES string of the molecule is Nc1ccc(C(=O)Nc2ccc(Br)c(Cl)c2)cc1Br. The number of rotatable bonds is 2. The Morgan fingerprint density at radius 2 is 1.84 bits per heavy atom. The number of hydrogen-bond donors (Lipinski definition) is 2. The fourth-order valence-corrected chi connectivity index (χ4v) is 2.25. The molecule has 98 valence electrons. The van der Waals surface area contributed by atoms with E-state index in [2.05, 4.69) is 37.2 Å². The molecular weight excluding hydrogens is 395 g/mol. The molecule has 0 radical (unpaired) electrons. The van der Waals surface area contributed by atoms with Gasteiger partial charge in [0.2, 0.25) is 0 Å². The minimum absolute atomic E-state index is 0.223. The summed E-state index contributed by atoms with van der Waals surface area (Å²) < 4.78 is 1.47. The van der Waals surface area contributed by atoms with Crippen LogP contribution < -0.4 is 11.1 Å². The number of halogens is 3. The Morgan fingerprint density at radius 1 is 1.11 bits per heavy atom. The maximum absolute atomic E-state index is 12.0. The minimum atomic E-state index is -0.223. The molecule has 2 aromatic carbocycles. The first kappa shape index (κ1) is 14.4.